The summed E-state index contributed by atoms with van der Waals surface area (Å²) in [4.78, 5) is 28.1. The number of nitrogens with two attached hydrogens (primary N) is 1. The molecular formula is C27H16N4O3. The van der Waals surface area contributed by atoms with Gasteiger partial charge in [0.2, 0.25) is 11.8 Å². The number of hydrogen-bond acceptors (Lipinski definition) is 6. The van der Waals surface area contributed by atoms with E-state index in [2.05, 4.69) is 0 Å². The lowest BCUT2D eigenvalue weighted by Gasteiger charge is -2.31. The number of allylic oxidation sites excluding steroid dienone is 1. The number of ketones is 2. The maximum absolute atomic E-state index is 14.0. The number of carbonyl (C=O) groups excluding carboxylic acids is 2. The van der Waals surface area contributed by atoms with Gasteiger partial charge in [-0.3, -0.25) is 9.59 Å². The number of Topliss-reactive ketones (excluding diaryl/α,β-unsaturated/α-hetero) is 2. The molecule has 0 saturated heterocycles. The van der Waals surface area contributed by atoms with Gasteiger partial charge in [0.15, 0.2) is 17.0 Å². The summed E-state index contributed by atoms with van der Waals surface area (Å²) in [6.45, 7) is 0. The van der Waals surface area contributed by atoms with E-state index in [0.29, 0.717) is 16.9 Å². The minimum atomic E-state index is -1.98. The first-order valence-electron chi connectivity index (χ1n) is 10.6. The third-order valence-corrected chi connectivity index (χ3v) is 6.30. The van der Waals surface area contributed by atoms with Crippen LogP contribution in [0, 0.1) is 11.3 Å². The Labute approximate surface area is 194 Å². The summed E-state index contributed by atoms with van der Waals surface area (Å²) in [6.07, 6.45) is 0. The lowest BCUT2D eigenvalue weighted by atomic mass is 9.69. The van der Waals surface area contributed by atoms with Crippen molar-refractivity contribution < 1.29 is 14.3 Å². The highest BCUT2D eigenvalue weighted by molar-refractivity contribution is 6.36. The number of nitrogens with zero attached hydrogens (tertiary/aromatic N) is 3. The number of aromatic nitrogens is 2. The van der Waals surface area contributed by atoms with E-state index in [0.717, 1.165) is 0 Å². The molecule has 0 bridgehead atoms. The minimum absolute atomic E-state index is 0.135. The lowest BCUT2D eigenvalue weighted by Crippen LogP contribution is -2.45. The fourth-order valence-corrected chi connectivity index (χ4v) is 4.82. The van der Waals surface area contributed by atoms with Gasteiger partial charge in [-0.05, 0) is 12.1 Å². The summed E-state index contributed by atoms with van der Waals surface area (Å²) < 4.78 is 7.45. The van der Waals surface area contributed by atoms with Gasteiger partial charge >= 0.3 is 0 Å². The molecule has 1 aliphatic carbocycles. The molecule has 0 atom stereocenters. The minimum Gasteiger partial charge on any atom is -0.422 e. The molecular weight excluding hydrogens is 428 g/mol. The molecule has 162 valence electrons. The van der Waals surface area contributed by atoms with E-state index in [1.54, 1.807) is 24.3 Å². The van der Waals surface area contributed by atoms with E-state index in [4.69, 9.17) is 15.6 Å². The Hall–Kier alpha value is -4.96. The van der Waals surface area contributed by atoms with E-state index in [1.165, 1.54) is 4.68 Å². The van der Waals surface area contributed by atoms with Crippen LogP contribution in [0.4, 0.5) is 0 Å². The molecule has 1 aliphatic heterocycles. The number of para-hydroxylation sites is 1. The van der Waals surface area contributed by atoms with E-state index in [-0.39, 0.29) is 34.0 Å². The summed E-state index contributed by atoms with van der Waals surface area (Å²) in [5, 5.41) is 14.9. The average Bonchev–Trinajstić information content (AvgIpc) is 3.36. The second kappa shape index (κ2) is 7.02. The average molecular weight is 444 g/mol. The van der Waals surface area contributed by atoms with Crippen molar-refractivity contribution in [3.05, 3.63) is 113 Å². The van der Waals surface area contributed by atoms with Crippen molar-refractivity contribution in [2.45, 2.75) is 5.41 Å². The van der Waals surface area contributed by atoms with Crippen molar-refractivity contribution in [3.8, 4) is 28.9 Å². The molecule has 7 nitrogen and oxygen atoms in total. The number of ether oxygens (including phenoxy) is 1. The van der Waals surface area contributed by atoms with Gasteiger partial charge in [0, 0.05) is 16.7 Å². The summed E-state index contributed by atoms with van der Waals surface area (Å²) in [7, 11) is 0. The molecule has 4 aromatic rings. The molecule has 1 spiro atoms. The van der Waals surface area contributed by atoms with Crippen LogP contribution >= 0.6 is 0 Å². The van der Waals surface area contributed by atoms with Crippen LogP contribution in [-0.4, -0.2) is 21.3 Å². The Morgan fingerprint density at radius 3 is 2.00 bits per heavy atom. The lowest BCUT2D eigenvalue weighted by molar-refractivity contribution is 0.0816. The van der Waals surface area contributed by atoms with Crippen molar-refractivity contribution >= 4 is 11.6 Å². The first-order valence-corrected chi connectivity index (χ1v) is 10.6. The van der Waals surface area contributed by atoms with Crippen molar-refractivity contribution in [2.75, 3.05) is 0 Å². The first-order chi connectivity index (χ1) is 16.6. The highest BCUT2D eigenvalue weighted by Gasteiger charge is 2.63. The zero-order chi connectivity index (χ0) is 23.4. The van der Waals surface area contributed by atoms with Gasteiger partial charge in [-0.15, -0.1) is 0 Å². The summed E-state index contributed by atoms with van der Waals surface area (Å²) in [6, 6.07) is 26.9. The normalized spacial score (nSPS) is 15.6. The van der Waals surface area contributed by atoms with E-state index >= 15 is 0 Å². The van der Waals surface area contributed by atoms with Gasteiger partial charge in [-0.25, -0.2) is 0 Å². The molecule has 34 heavy (non-hydrogen) atoms. The quantitative estimate of drug-likeness (QED) is 0.469. The van der Waals surface area contributed by atoms with Gasteiger partial charge in [0.05, 0.1) is 11.3 Å². The second-order valence-corrected chi connectivity index (χ2v) is 8.05. The Bertz CT molecular complexity index is 1540. The standard InChI is InChI=1S/C27H16N4O3/c28-15-20-25(29)34-26-21(27(20)23(32)18-13-7-8-14-19(18)24(27)33)22(16-9-3-1-4-10-16)30-31(26)17-11-5-2-6-12-17/h1-14H,29H2. The predicted octanol–water partition coefficient (Wildman–Crippen LogP) is 3.94. The van der Waals surface area contributed by atoms with Gasteiger partial charge in [-0.1, -0.05) is 72.8 Å². The third-order valence-electron chi connectivity index (χ3n) is 6.30. The van der Waals surface area contributed by atoms with Crippen LogP contribution in [-0.2, 0) is 5.41 Å². The molecule has 0 radical (unpaired) electrons. The van der Waals surface area contributed by atoms with Crippen LogP contribution in [0.15, 0.2) is 96.4 Å². The van der Waals surface area contributed by atoms with Crippen molar-refractivity contribution in [2.24, 2.45) is 5.73 Å². The van der Waals surface area contributed by atoms with Crippen LogP contribution in [0.5, 0.6) is 5.88 Å². The van der Waals surface area contributed by atoms with Crippen LogP contribution < -0.4 is 10.5 Å². The largest absolute Gasteiger partial charge is 0.422 e. The van der Waals surface area contributed by atoms with Gasteiger partial charge in [-0.2, -0.15) is 15.0 Å². The summed E-state index contributed by atoms with van der Waals surface area (Å²) in [5.41, 5.74) is 6.40. The van der Waals surface area contributed by atoms with Crippen LogP contribution in [0.3, 0.4) is 0 Å². The molecule has 2 heterocycles. The molecule has 6 rings (SSSR count). The first kappa shape index (κ1) is 19.7. The number of hydrogen-bond donors (Lipinski definition) is 1. The molecule has 0 saturated carbocycles. The van der Waals surface area contributed by atoms with E-state index in [9.17, 15) is 14.9 Å². The number of carbonyl (C=O) groups is 2. The van der Waals surface area contributed by atoms with Crippen LogP contribution in [0.2, 0.25) is 0 Å². The Morgan fingerprint density at radius 1 is 0.853 bits per heavy atom. The molecule has 3 aromatic carbocycles. The fraction of sp³-hybridized carbons (Fsp3) is 0.0370. The number of fused-ring (bicyclic) bond motifs is 3. The smallest absolute Gasteiger partial charge is 0.230 e. The number of benzene rings is 3. The highest BCUT2D eigenvalue weighted by Crippen LogP contribution is 2.54. The van der Waals surface area contributed by atoms with E-state index in [1.807, 2.05) is 66.7 Å². The molecule has 0 fully saturated rings. The van der Waals surface area contributed by atoms with E-state index < -0.39 is 17.0 Å². The highest BCUT2D eigenvalue weighted by atomic mass is 16.5. The molecule has 2 N–H and O–H groups in total. The third kappa shape index (κ3) is 2.37. The van der Waals surface area contributed by atoms with Gasteiger partial charge in [0.1, 0.15) is 17.3 Å². The Morgan fingerprint density at radius 2 is 1.41 bits per heavy atom. The molecule has 2 aliphatic rings. The van der Waals surface area contributed by atoms with Gasteiger partial charge < -0.3 is 10.5 Å². The molecule has 0 unspecified atom stereocenters. The zero-order valence-electron chi connectivity index (χ0n) is 17.7. The molecule has 0 amide bonds. The maximum atomic E-state index is 14.0. The van der Waals surface area contributed by atoms with Crippen LogP contribution in [0.1, 0.15) is 26.3 Å². The number of nitriles is 1. The molecule has 7 heteroatoms. The monoisotopic (exact) mass is 444 g/mol. The fourth-order valence-electron chi connectivity index (χ4n) is 4.82. The topological polar surface area (TPSA) is 111 Å². The Kier molecular flexibility index (Phi) is 4.07. The van der Waals surface area contributed by atoms with Crippen LogP contribution in [0.25, 0.3) is 16.9 Å². The van der Waals surface area contributed by atoms with Gasteiger partial charge in [0.25, 0.3) is 0 Å². The number of rotatable bonds is 2. The predicted molar refractivity (Wildman–Crippen MR) is 123 cm³/mol. The molecule has 1 aromatic heterocycles. The second-order valence-electron chi connectivity index (χ2n) is 8.05. The summed E-state index contributed by atoms with van der Waals surface area (Å²) in [5.74, 6) is -1.18. The van der Waals surface area contributed by atoms with Crippen molar-refractivity contribution in [1.29, 1.82) is 5.26 Å². The maximum Gasteiger partial charge on any atom is 0.230 e. The SMILES string of the molecule is N#CC1=C(N)Oc2c(c(-c3ccccc3)nn2-c2ccccc2)C12C(=O)c1ccccc1C2=O. The Balaban J connectivity index is 1.77. The van der Waals surface area contributed by atoms with Crippen molar-refractivity contribution in [3.63, 3.8) is 0 Å². The summed E-state index contributed by atoms with van der Waals surface area (Å²) >= 11 is 0. The zero-order valence-corrected chi connectivity index (χ0v) is 17.7. The van der Waals surface area contributed by atoms with Crippen molar-refractivity contribution in [1.82, 2.24) is 9.78 Å².